The molecule has 1 N–H and O–H groups in total. The Morgan fingerprint density at radius 1 is 1.07 bits per heavy atom. The van der Waals surface area contributed by atoms with Crippen LogP contribution in [0.2, 0.25) is 0 Å². The van der Waals surface area contributed by atoms with Gasteiger partial charge < -0.3 is 10.2 Å². The Bertz CT molecular complexity index is 963. The van der Waals surface area contributed by atoms with Crippen molar-refractivity contribution in [2.75, 3.05) is 42.9 Å². The summed E-state index contributed by atoms with van der Waals surface area (Å²) in [6.07, 6.45) is 0. The topological polar surface area (TPSA) is 48.5 Å². The maximum Gasteiger partial charge on any atom is 0.240 e. The van der Waals surface area contributed by atoms with E-state index < -0.39 is 0 Å². The van der Waals surface area contributed by atoms with Gasteiger partial charge in [0.15, 0.2) is 5.13 Å². The van der Waals surface area contributed by atoms with E-state index in [9.17, 15) is 9.18 Å². The van der Waals surface area contributed by atoms with Crippen molar-refractivity contribution in [2.45, 2.75) is 6.92 Å². The van der Waals surface area contributed by atoms with Crippen LogP contribution in [0.1, 0.15) is 5.56 Å². The van der Waals surface area contributed by atoms with Crippen molar-refractivity contribution in [3.8, 4) is 11.3 Å². The molecule has 1 aromatic heterocycles. The predicted octanol–water partition coefficient (Wildman–Crippen LogP) is 4.02. The van der Waals surface area contributed by atoms with Gasteiger partial charge in [-0.25, -0.2) is 9.37 Å². The van der Waals surface area contributed by atoms with Crippen LogP contribution in [0.4, 0.5) is 15.2 Å². The average Bonchev–Trinajstić information content (AvgIpc) is 3.18. The SMILES string of the molecule is Cc1ccc(-c2csc(NC(=O)CN3CCN(c4ccc(F)cc4)CC3)n2)cc1. The monoisotopic (exact) mass is 410 g/mol. The standard InChI is InChI=1S/C22H23FN4OS/c1-16-2-4-17(5-3-16)20-15-29-22(24-20)25-21(28)14-26-10-12-27(13-11-26)19-8-6-18(23)7-9-19/h2-9,15H,10-14H2,1H3,(H,24,25,28). The number of nitrogens with one attached hydrogen (secondary N) is 1. The highest BCUT2D eigenvalue weighted by Gasteiger charge is 2.20. The van der Waals surface area contributed by atoms with E-state index in [0.29, 0.717) is 11.7 Å². The second-order valence-corrected chi connectivity index (χ2v) is 8.05. The largest absolute Gasteiger partial charge is 0.369 e. The molecule has 0 radical (unpaired) electrons. The van der Waals surface area contributed by atoms with E-state index in [-0.39, 0.29) is 11.7 Å². The summed E-state index contributed by atoms with van der Waals surface area (Å²) in [6, 6.07) is 14.7. The van der Waals surface area contributed by atoms with Crippen molar-refractivity contribution in [2.24, 2.45) is 0 Å². The maximum absolute atomic E-state index is 13.1. The van der Waals surface area contributed by atoms with Gasteiger partial charge in [0.2, 0.25) is 5.91 Å². The molecule has 1 saturated heterocycles. The number of amides is 1. The molecule has 0 saturated carbocycles. The summed E-state index contributed by atoms with van der Waals surface area (Å²) in [5.74, 6) is -0.276. The molecule has 1 amide bonds. The summed E-state index contributed by atoms with van der Waals surface area (Å²) in [6.45, 7) is 5.60. The molecule has 4 rings (SSSR count). The van der Waals surface area contributed by atoms with Gasteiger partial charge in [0, 0.05) is 42.8 Å². The number of hydrogen-bond donors (Lipinski definition) is 1. The van der Waals surface area contributed by atoms with E-state index in [1.807, 2.05) is 17.5 Å². The fourth-order valence-electron chi connectivity index (χ4n) is 3.37. The van der Waals surface area contributed by atoms with E-state index in [2.05, 4.69) is 39.2 Å². The molecule has 2 aromatic carbocycles. The summed E-state index contributed by atoms with van der Waals surface area (Å²) in [5.41, 5.74) is 4.14. The van der Waals surface area contributed by atoms with Gasteiger partial charge in [-0.15, -0.1) is 11.3 Å². The second kappa shape index (κ2) is 8.71. The van der Waals surface area contributed by atoms with Gasteiger partial charge in [0.05, 0.1) is 12.2 Å². The van der Waals surface area contributed by atoms with Crippen LogP contribution in [0.5, 0.6) is 0 Å². The first-order chi connectivity index (χ1) is 14.1. The number of anilines is 2. The predicted molar refractivity (Wildman–Crippen MR) is 116 cm³/mol. The number of rotatable bonds is 5. The molecular formula is C22H23FN4OS. The van der Waals surface area contributed by atoms with E-state index in [4.69, 9.17) is 0 Å². The van der Waals surface area contributed by atoms with Gasteiger partial charge in [-0.1, -0.05) is 29.8 Å². The minimum absolute atomic E-state index is 0.0509. The number of carbonyl (C=O) groups excluding carboxylic acids is 1. The summed E-state index contributed by atoms with van der Waals surface area (Å²) >= 11 is 1.44. The molecule has 7 heteroatoms. The number of nitrogens with zero attached hydrogens (tertiary/aromatic N) is 3. The smallest absolute Gasteiger partial charge is 0.240 e. The van der Waals surface area contributed by atoms with Gasteiger partial charge in [0.1, 0.15) is 5.82 Å². The zero-order chi connectivity index (χ0) is 20.2. The molecule has 0 atom stereocenters. The van der Waals surface area contributed by atoms with Crippen molar-refractivity contribution in [1.29, 1.82) is 0 Å². The van der Waals surface area contributed by atoms with Crippen LogP contribution in [0.25, 0.3) is 11.3 Å². The molecule has 0 unspecified atom stereocenters. The van der Waals surface area contributed by atoms with Crippen molar-refractivity contribution < 1.29 is 9.18 Å². The van der Waals surface area contributed by atoms with Gasteiger partial charge in [-0.2, -0.15) is 0 Å². The lowest BCUT2D eigenvalue weighted by Crippen LogP contribution is -2.48. The number of hydrogen-bond acceptors (Lipinski definition) is 5. The fourth-order valence-corrected chi connectivity index (χ4v) is 4.10. The molecule has 0 bridgehead atoms. The van der Waals surface area contributed by atoms with Crippen molar-refractivity contribution >= 4 is 28.1 Å². The first-order valence-corrected chi connectivity index (χ1v) is 10.5. The Balaban J connectivity index is 1.27. The average molecular weight is 411 g/mol. The van der Waals surface area contributed by atoms with Crippen LogP contribution in [-0.4, -0.2) is 48.5 Å². The molecule has 1 fully saturated rings. The lowest BCUT2D eigenvalue weighted by atomic mass is 10.1. The summed E-state index contributed by atoms with van der Waals surface area (Å²) < 4.78 is 13.1. The van der Waals surface area contributed by atoms with E-state index in [0.717, 1.165) is 43.1 Å². The first-order valence-electron chi connectivity index (χ1n) is 9.62. The molecule has 1 aliphatic rings. The Morgan fingerprint density at radius 3 is 2.45 bits per heavy atom. The van der Waals surface area contributed by atoms with E-state index in [1.54, 1.807) is 12.1 Å². The Morgan fingerprint density at radius 2 is 1.76 bits per heavy atom. The van der Waals surface area contributed by atoms with Crippen LogP contribution in [0.3, 0.4) is 0 Å². The van der Waals surface area contributed by atoms with Crippen LogP contribution in [-0.2, 0) is 4.79 Å². The molecule has 3 aromatic rings. The minimum atomic E-state index is -0.225. The van der Waals surface area contributed by atoms with E-state index in [1.165, 1.54) is 29.0 Å². The number of aryl methyl sites for hydroxylation is 1. The second-order valence-electron chi connectivity index (χ2n) is 7.19. The highest BCUT2D eigenvalue weighted by atomic mass is 32.1. The van der Waals surface area contributed by atoms with Crippen molar-refractivity contribution in [3.05, 3.63) is 65.3 Å². The molecule has 5 nitrogen and oxygen atoms in total. The van der Waals surface area contributed by atoms with Gasteiger partial charge in [-0.3, -0.25) is 9.69 Å². The van der Waals surface area contributed by atoms with Crippen LogP contribution in [0.15, 0.2) is 53.9 Å². The van der Waals surface area contributed by atoms with Gasteiger partial charge >= 0.3 is 0 Å². The minimum Gasteiger partial charge on any atom is -0.369 e. The van der Waals surface area contributed by atoms with Gasteiger partial charge in [-0.05, 0) is 31.2 Å². The highest BCUT2D eigenvalue weighted by molar-refractivity contribution is 7.14. The summed E-state index contributed by atoms with van der Waals surface area (Å²) in [7, 11) is 0. The molecule has 150 valence electrons. The summed E-state index contributed by atoms with van der Waals surface area (Å²) in [5, 5.41) is 5.49. The van der Waals surface area contributed by atoms with Crippen LogP contribution in [0, 0.1) is 12.7 Å². The number of halogens is 1. The molecule has 0 aliphatic carbocycles. The number of thiazole rings is 1. The normalized spacial score (nSPS) is 14.8. The maximum atomic E-state index is 13.1. The lowest BCUT2D eigenvalue weighted by Gasteiger charge is -2.35. The quantitative estimate of drug-likeness (QED) is 0.690. The van der Waals surface area contributed by atoms with Crippen LogP contribution >= 0.6 is 11.3 Å². The zero-order valence-corrected chi connectivity index (χ0v) is 17.1. The molecule has 1 aliphatic heterocycles. The molecular weight excluding hydrogens is 387 g/mol. The Labute approximate surface area is 173 Å². The molecule has 2 heterocycles. The highest BCUT2D eigenvalue weighted by Crippen LogP contribution is 2.25. The van der Waals surface area contributed by atoms with Crippen LogP contribution < -0.4 is 10.2 Å². The number of aromatic nitrogens is 1. The van der Waals surface area contributed by atoms with Gasteiger partial charge in [0.25, 0.3) is 0 Å². The zero-order valence-electron chi connectivity index (χ0n) is 16.3. The van der Waals surface area contributed by atoms with E-state index >= 15 is 0 Å². The fraction of sp³-hybridized carbons (Fsp3) is 0.273. The number of carbonyl (C=O) groups is 1. The lowest BCUT2D eigenvalue weighted by molar-refractivity contribution is -0.117. The third-order valence-corrected chi connectivity index (χ3v) is 5.79. The Kier molecular flexibility index (Phi) is 5.87. The number of piperazine rings is 1. The summed E-state index contributed by atoms with van der Waals surface area (Å²) in [4.78, 5) is 21.3. The third kappa shape index (κ3) is 4.99. The third-order valence-electron chi connectivity index (χ3n) is 5.03. The first kappa shape index (κ1) is 19.5. The molecule has 29 heavy (non-hydrogen) atoms. The number of benzene rings is 2. The Hall–Kier alpha value is -2.77. The molecule has 0 spiro atoms. The van der Waals surface area contributed by atoms with Crippen molar-refractivity contribution in [3.63, 3.8) is 0 Å². The van der Waals surface area contributed by atoms with Crippen molar-refractivity contribution in [1.82, 2.24) is 9.88 Å².